The van der Waals surface area contributed by atoms with Crippen molar-refractivity contribution in [1.29, 1.82) is 0 Å². The van der Waals surface area contributed by atoms with Gasteiger partial charge < -0.3 is 39.9 Å². The maximum absolute atomic E-state index is 4.90. The minimum absolute atomic E-state index is 0. The minimum Gasteiger partial charge on any atom is -0.870 e. The summed E-state index contributed by atoms with van der Waals surface area (Å²) in [4.78, 5) is 0. The summed E-state index contributed by atoms with van der Waals surface area (Å²) in [5.74, 6) is 0. The molecule has 0 amide bonds. The van der Waals surface area contributed by atoms with Gasteiger partial charge in [0.2, 0.25) is 0 Å². The van der Waals surface area contributed by atoms with Crippen LogP contribution in [-0.4, -0.2) is 44.7 Å². The molecule has 0 aliphatic carbocycles. The fraction of sp³-hybridized carbons (Fsp3) is 1.00. The third-order valence-electron chi connectivity index (χ3n) is 0.500. The quantitative estimate of drug-likeness (QED) is 0.271. The van der Waals surface area contributed by atoms with E-state index in [0.717, 1.165) is 0 Å². The molecule has 0 radical (unpaired) electrons. The van der Waals surface area contributed by atoms with Crippen molar-refractivity contribution in [1.82, 2.24) is 0 Å². The van der Waals surface area contributed by atoms with Crippen molar-refractivity contribution in [3.63, 3.8) is 0 Å². The van der Waals surface area contributed by atoms with Crippen LogP contribution in [0.4, 0.5) is 0 Å². The van der Waals surface area contributed by atoms with E-state index >= 15 is 0 Å². The van der Waals surface area contributed by atoms with Crippen LogP contribution in [0.15, 0.2) is 0 Å². The molecule has 13 N–H and O–H groups in total. The van der Waals surface area contributed by atoms with Crippen molar-refractivity contribution in [3.05, 3.63) is 0 Å². The Morgan fingerprint density at radius 1 is 0.385 bits per heavy atom. The van der Waals surface area contributed by atoms with Crippen molar-refractivity contribution in [2.75, 3.05) is 39.3 Å². The molecule has 0 saturated carbocycles. The van der Waals surface area contributed by atoms with Gasteiger partial charge in [-0.15, -0.1) is 0 Å². The normalized spacial score (nSPS) is 6.92. The van der Waals surface area contributed by atoms with Crippen molar-refractivity contribution in [2.45, 2.75) is 0 Å². The van der Waals surface area contributed by atoms with Gasteiger partial charge in [0.1, 0.15) is 0 Å². The minimum atomic E-state index is 0. The molecular formula is C6H25N6O-. The predicted octanol–water partition coefficient (Wildman–Crippen LogP) is -3.47. The van der Waals surface area contributed by atoms with Crippen molar-refractivity contribution < 1.29 is 5.48 Å². The zero-order chi connectivity index (χ0) is 10.2. The van der Waals surface area contributed by atoms with Crippen LogP contribution in [0.3, 0.4) is 0 Å². The molecule has 13 heavy (non-hydrogen) atoms. The van der Waals surface area contributed by atoms with Gasteiger partial charge in [0.25, 0.3) is 0 Å². The molecule has 7 heteroatoms. The summed E-state index contributed by atoms with van der Waals surface area (Å²) in [5.41, 5.74) is 29.4. The number of nitrogens with two attached hydrogens (primary N) is 6. The summed E-state index contributed by atoms with van der Waals surface area (Å²) in [6.07, 6.45) is 0. The first-order chi connectivity index (χ1) is 5.74. The molecule has 0 aliphatic rings. The Labute approximate surface area is 80.1 Å². The van der Waals surface area contributed by atoms with Crippen LogP contribution in [0.1, 0.15) is 0 Å². The third kappa shape index (κ3) is 150. The second-order valence-electron chi connectivity index (χ2n) is 1.73. The molecular weight excluding hydrogens is 172 g/mol. The first kappa shape index (κ1) is 23.0. The van der Waals surface area contributed by atoms with Crippen LogP contribution in [0.5, 0.6) is 0 Å². The van der Waals surface area contributed by atoms with Gasteiger partial charge in [-0.25, -0.2) is 0 Å². The lowest BCUT2D eigenvalue weighted by atomic mass is 10.7. The van der Waals surface area contributed by atoms with Gasteiger partial charge in [-0.3, -0.25) is 0 Å². The lowest BCUT2D eigenvalue weighted by molar-refractivity contribution is 0.824. The highest BCUT2D eigenvalue weighted by atomic mass is 16.0. The highest BCUT2D eigenvalue weighted by Crippen LogP contribution is 1.25. The summed E-state index contributed by atoms with van der Waals surface area (Å²) >= 11 is 0. The molecule has 0 aromatic rings. The second-order valence-corrected chi connectivity index (χ2v) is 1.73. The molecule has 0 fully saturated rings. The summed E-state index contributed by atoms with van der Waals surface area (Å²) in [7, 11) is 0. The lowest BCUT2D eigenvalue weighted by Crippen LogP contribution is -2.11. The van der Waals surface area contributed by atoms with Gasteiger partial charge in [-0.05, 0) is 0 Å². The van der Waals surface area contributed by atoms with Gasteiger partial charge in [-0.1, -0.05) is 0 Å². The molecule has 0 aliphatic heterocycles. The maximum Gasteiger partial charge on any atom is 0.00461 e. The van der Waals surface area contributed by atoms with Gasteiger partial charge in [0.15, 0.2) is 0 Å². The number of hydrogen-bond donors (Lipinski definition) is 6. The summed E-state index contributed by atoms with van der Waals surface area (Å²) in [5, 5.41) is 0. The molecule has 0 aromatic carbocycles. The van der Waals surface area contributed by atoms with Crippen molar-refractivity contribution in [2.24, 2.45) is 34.4 Å². The van der Waals surface area contributed by atoms with Crippen molar-refractivity contribution in [3.8, 4) is 0 Å². The van der Waals surface area contributed by atoms with Gasteiger partial charge in [0, 0.05) is 39.3 Å². The Bertz CT molecular complexity index is 32.6. The molecule has 7 nitrogen and oxygen atoms in total. The number of hydrogen-bond acceptors (Lipinski definition) is 7. The fourth-order valence-corrected chi connectivity index (χ4v) is 0. The molecule has 0 aromatic heterocycles. The highest BCUT2D eigenvalue weighted by molar-refractivity contribution is 4.26. The SMILES string of the molecule is NCCN.NCCN.NCCN.[OH-]. The Morgan fingerprint density at radius 3 is 0.462 bits per heavy atom. The van der Waals surface area contributed by atoms with E-state index in [4.69, 9.17) is 34.4 Å². The van der Waals surface area contributed by atoms with E-state index in [9.17, 15) is 0 Å². The van der Waals surface area contributed by atoms with E-state index in [1.807, 2.05) is 0 Å². The molecule has 0 spiro atoms. The average molecular weight is 197 g/mol. The first-order valence-electron chi connectivity index (χ1n) is 3.95. The Hall–Kier alpha value is -0.280. The van der Waals surface area contributed by atoms with Crippen LogP contribution < -0.4 is 34.4 Å². The van der Waals surface area contributed by atoms with Crippen LogP contribution in [0.2, 0.25) is 0 Å². The van der Waals surface area contributed by atoms with Gasteiger partial charge in [-0.2, -0.15) is 0 Å². The molecule has 0 saturated heterocycles. The predicted molar refractivity (Wildman–Crippen MR) is 56.3 cm³/mol. The van der Waals surface area contributed by atoms with Gasteiger partial charge >= 0.3 is 0 Å². The molecule has 0 unspecified atom stereocenters. The van der Waals surface area contributed by atoms with Crippen LogP contribution in [0.25, 0.3) is 0 Å². The highest BCUT2D eigenvalue weighted by Gasteiger charge is 1.55. The third-order valence-corrected chi connectivity index (χ3v) is 0.500. The second kappa shape index (κ2) is 41.2. The summed E-state index contributed by atoms with van der Waals surface area (Å²) < 4.78 is 0. The monoisotopic (exact) mass is 197 g/mol. The molecule has 0 rings (SSSR count). The molecule has 0 atom stereocenters. The Morgan fingerprint density at radius 2 is 0.462 bits per heavy atom. The number of rotatable bonds is 3. The molecule has 0 bridgehead atoms. The van der Waals surface area contributed by atoms with E-state index < -0.39 is 0 Å². The first-order valence-corrected chi connectivity index (χ1v) is 3.95. The zero-order valence-corrected chi connectivity index (χ0v) is 8.15. The average Bonchev–Trinajstić information content (AvgIpc) is 2.18. The van der Waals surface area contributed by atoms with E-state index in [1.54, 1.807) is 0 Å². The van der Waals surface area contributed by atoms with E-state index in [2.05, 4.69) is 0 Å². The maximum atomic E-state index is 4.90. The van der Waals surface area contributed by atoms with E-state index in [0.29, 0.717) is 39.3 Å². The summed E-state index contributed by atoms with van der Waals surface area (Å²) in [6, 6.07) is 0. The standard InChI is InChI=1S/3C2H8N2.H2O/c3*3-1-2-4;/h3*1-4H2;1H2/p-1. The molecule has 0 heterocycles. The van der Waals surface area contributed by atoms with Crippen LogP contribution in [0, 0.1) is 0 Å². The largest absolute Gasteiger partial charge is 0.870 e. The molecule has 86 valence electrons. The lowest BCUT2D eigenvalue weighted by Gasteiger charge is -1.72. The van der Waals surface area contributed by atoms with E-state index in [-0.39, 0.29) is 5.48 Å². The van der Waals surface area contributed by atoms with Gasteiger partial charge in [0.05, 0.1) is 0 Å². The van der Waals surface area contributed by atoms with Crippen LogP contribution >= 0.6 is 0 Å². The summed E-state index contributed by atoms with van der Waals surface area (Å²) in [6.45, 7) is 3.58. The van der Waals surface area contributed by atoms with E-state index in [1.165, 1.54) is 0 Å². The van der Waals surface area contributed by atoms with Crippen molar-refractivity contribution >= 4 is 0 Å². The van der Waals surface area contributed by atoms with Crippen LogP contribution in [-0.2, 0) is 0 Å². The Kier molecular flexibility index (Phi) is 72.8. The fourth-order valence-electron chi connectivity index (χ4n) is 0. The Balaban J connectivity index is -0.0000000450. The smallest absolute Gasteiger partial charge is 0.00461 e. The zero-order valence-electron chi connectivity index (χ0n) is 8.15. The topological polar surface area (TPSA) is 186 Å².